The minimum absolute atomic E-state index is 0.273. The van der Waals surface area contributed by atoms with Gasteiger partial charge in [0.15, 0.2) is 0 Å². The molecule has 0 amide bonds. The van der Waals surface area contributed by atoms with E-state index in [4.69, 9.17) is 0 Å². The van der Waals surface area contributed by atoms with E-state index in [0.29, 0.717) is 0 Å². The Kier molecular flexibility index (Phi) is 5.81. The molecule has 0 saturated carbocycles. The number of benzene rings is 1. The van der Waals surface area contributed by atoms with Gasteiger partial charge in [-0.3, -0.25) is 0 Å². The fourth-order valence-electron chi connectivity index (χ4n) is 2.89. The molecule has 21 heavy (non-hydrogen) atoms. The third kappa shape index (κ3) is 4.33. The Morgan fingerprint density at radius 3 is 2.48 bits per heavy atom. The van der Waals surface area contributed by atoms with Crippen LogP contribution in [0.2, 0.25) is 0 Å². The van der Waals surface area contributed by atoms with Crippen molar-refractivity contribution < 1.29 is 0 Å². The van der Waals surface area contributed by atoms with Crippen LogP contribution in [0.15, 0.2) is 48.6 Å². The van der Waals surface area contributed by atoms with E-state index in [1.54, 1.807) is 0 Å². The number of unbranched alkanes of at least 4 members (excludes halogenated alkanes) is 4. The molecule has 0 bridgehead atoms. The molecular weight excluding hydrogens is 254 g/mol. The zero-order valence-corrected chi connectivity index (χ0v) is 13.0. The smallest absolute Gasteiger partial charge is 0.0791 e. The minimum Gasteiger partial charge on any atom is -0.197 e. The van der Waals surface area contributed by atoms with Crippen LogP contribution in [0, 0.1) is 16.7 Å². The average molecular weight is 279 g/mol. The lowest BCUT2D eigenvalue weighted by atomic mass is 9.76. The second-order valence-electron chi connectivity index (χ2n) is 6.00. The summed E-state index contributed by atoms with van der Waals surface area (Å²) in [5.41, 5.74) is 2.21. The van der Waals surface area contributed by atoms with E-state index in [1.807, 2.05) is 6.07 Å². The lowest BCUT2D eigenvalue weighted by Gasteiger charge is -2.25. The maximum Gasteiger partial charge on any atom is 0.0791 e. The molecule has 0 heterocycles. The van der Waals surface area contributed by atoms with E-state index >= 15 is 0 Å². The number of rotatable bonds is 7. The molecule has 1 aromatic rings. The zero-order chi connectivity index (χ0) is 15.0. The molecule has 1 aliphatic rings. The number of hydrogen-bond acceptors (Lipinski definition) is 1. The van der Waals surface area contributed by atoms with Crippen molar-refractivity contribution in [3.05, 3.63) is 54.1 Å². The summed E-state index contributed by atoms with van der Waals surface area (Å²) in [6.07, 6.45) is 14.6. The quantitative estimate of drug-likeness (QED) is 0.570. The Bertz CT molecular complexity index is 533. The van der Waals surface area contributed by atoms with Crippen LogP contribution >= 0.6 is 0 Å². The molecule has 1 aliphatic carbocycles. The van der Waals surface area contributed by atoms with Crippen molar-refractivity contribution in [2.45, 2.75) is 51.9 Å². The van der Waals surface area contributed by atoms with Crippen molar-refractivity contribution in [1.29, 1.82) is 5.26 Å². The highest BCUT2D eigenvalue weighted by molar-refractivity contribution is 5.75. The molecule has 0 saturated heterocycles. The largest absolute Gasteiger partial charge is 0.197 e. The van der Waals surface area contributed by atoms with Crippen LogP contribution in [0.25, 0.3) is 5.57 Å². The van der Waals surface area contributed by atoms with Gasteiger partial charge >= 0.3 is 0 Å². The molecule has 0 N–H and O–H groups in total. The van der Waals surface area contributed by atoms with Gasteiger partial charge in [-0.1, -0.05) is 87.6 Å². The Labute approximate surface area is 129 Å². The van der Waals surface area contributed by atoms with Gasteiger partial charge in [0.2, 0.25) is 0 Å². The predicted molar refractivity (Wildman–Crippen MR) is 89.6 cm³/mol. The first-order valence-electron chi connectivity index (χ1n) is 8.16. The normalized spacial score (nSPS) is 20.9. The second kappa shape index (κ2) is 7.84. The van der Waals surface area contributed by atoms with Gasteiger partial charge in [0.05, 0.1) is 11.5 Å². The van der Waals surface area contributed by atoms with E-state index in [9.17, 15) is 5.26 Å². The lowest BCUT2D eigenvalue weighted by Crippen LogP contribution is -2.17. The topological polar surface area (TPSA) is 23.8 Å². The summed E-state index contributed by atoms with van der Waals surface area (Å²) in [6.45, 7) is 2.23. The summed E-state index contributed by atoms with van der Waals surface area (Å²) in [5, 5.41) is 9.57. The fourth-order valence-corrected chi connectivity index (χ4v) is 2.89. The summed E-state index contributed by atoms with van der Waals surface area (Å²) < 4.78 is 0. The Hall–Kier alpha value is -1.81. The molecule has 0 aliphatic heterocycles. The van der Waals surface area contributed by atoms with Crippen LogP contribution in [0.4, 0.5) is 0 Å². The van der Waals surface area contributed by atoms with Gasteiger partial charge in [-0.2, -0.15) is 5.26 Å². The average Bonchev–Trinajstić information content (AvgIpc) is 2.56. The third-order valence-corrected chi connectivity index (χ3v) is 4.32. The van der Waals surface area contributed by atoms with Gasteiger partial charge in [-0.15, -0.1) is 0 Å². The standard InChI is InChI=1S/C20H25N/c1-2-3-4-5-9-14-20(17-21)15-12-19(13-16-20)18-10-7-6-8-11-18/h6-8,10-13,15H,2-5,9,14,16H2,1H3/t20-/m1/s1. The Balaban J connectivity index is 1.92. The van der Waals surface area contributed by atoms with E-state index in [-0.39, 0.29) is 5.41 Å². The first kappa shape index (κ1) is 15.6. The van der Waals surface area contributed by atoms with Gasteiger partial charge in [-0.25, -0.2) is 0 Å². The molecule has 1 heteroatoms. The fraction of sp³-hybridized carbons (Fsp3) is 0.450. The second-order valence-corrected chi connectivity index (χ2v) is 6.00. The monoisotopic (exact) mass is 279 g/mol. The van der Waals surface area contributed by atoms with Crippen LogP contribution in [0.1, 0.15) is 57.4 Å². The van der Waals surface area contributed by atoms with Crippen molar-refractivity contribution in [1.82, 2.24) is 0 Å². The van der Waals surface area contributed by atoms with E-state index in [0.717, 1.165) is 19.3 Å². The number of nitriles is 1. The summed E-state index contributed by atoms with van der Waals surface area (Å²) in [5.74, 6) is 0. The van der Waals surface area contributed by atoms with Crippen molar-refractivity contribution in [2.24, 2.45) is 5.41 Å². The molecule has 0 spiro atoms. The minimum atomic E-state index is -0.273. The Morgan fingerprint density at radius 2 is 1.86 bits per heavy atom. The van der Waals surface area contributed by atoms with Crippen molar-refractivity contribution in [3.8, 4) is 6.07 Å². The molecule has 110 valence electrons. The zero-order valence-electron chi connectivity index (χ0n) is 13.0. The summed E-state index contributed by atoms with van der Waals surface area (Å²) in [7, 11) is 0. The summed E-state index contributed by atoms with van der Waals surface area (Å²) >= 11 is 0. The van der Waals surface area contributed by atoms with Crippen LogP contribution in [0.5, 0.6) is 0 Å². The summed E-state index contributed by atoms with van der Waals surface area (Å²) in [6, 6.07) is 13.0. The van der Waals surface area contributed by atoms with Gasteiger partial charge in [0, 0.05) is 0 Å². The third-order valence-electron chi connectivity index (χ3n) is 4.32. The summed E-state index contributed by atoms with van der Waals surface area (Å²) in [4.78, 5) is 0. The van der Waals surface area contributed by atoms with Gasteiger partial charge in [0.1, 0.15) is 0 Å². The molecule has 2 rings (SSSR count). The Morgan fingerprint density at radius 1 is 1.10 bits per heavy atom. The number of hydrogen-bond donors (Lipinski definition) is 0. The van der Waals surface area contributed by atoms with Gasteiger partial charge in [0.25, 0.3) is 0 Å². The molecule has 1 aromatic carbocycles. The van der Waals surface area contributed by atoms with E-state index in [1.165, 1.54) is 36.8 Å². The molecular formula is C20H25N. The van der Waals surface area contributed by atoms with Crippen molar-refractivity contribution in [2.75, 3.05) is 0 Å². The van der Waals surface area contributed by atoms with Crippen LogP contribution in [0.3, 0.4) is 0 Å². The number of allylic oxidation sites excluding steroid dienone is 4. The lowest BCUT2D eigenvalue weighted by molar-refractivity contribution is 0.433. The molecule has 0 radical (unpaired) electrons. The van der Waals surface area contributed by atoms with Crippen LogP contribution in [-0.2, 0) is 0 Å². The molecule has 1 atom stereocenters. The van der Waals surface area contributed by atoms with Gasteiger partial charge < -0.3 is 0 Å². The highest BCUT2D eigenvalue weighted by Gasteiger charge is 2.27. The van der Waals surface area contributed by atoms with E-state index in [2.05, 4.69) is 55.5 Å². The molecule has 1 nitrogen and oxygen atoms in total. The maximum atomic E-state index is 9.57. The first-order chi connectivity index (χ1) is 10.3. The van der Waals surface area contributed by atoms with Gasteiger partial charge in [-0.05, 0) is 24.0 Å². The van der Waals surface area contributed by atoms with Crippen molar-refractivity contribution in [3.63, 3.8) is 0 Å². The number of nitrogens with zero attached hydrogens (tertiary/aromatic N) is 1. The van der Waals surface area contributed by atoms with Crippen LogP contribution < -0.4 is 0 Å². The molecule has 0 fully saturated rings. The van der Waals surface area contributed by atoms with Crippen LogP contribution in [-0.4, -0.2) is 0 Å². The molecule has 0 unspecified atom stereocenters. The highest BCUT2D eigenvalue weighted by Crippen LogP contribution is 2.37. The SMILES string of the molecule is CCCCCCC[C@@]1(C#N)C=CC(c2ccccc2)=CC1. The molecule has 0 aromatic heterocycles. The van der Waals surface area contributed by atoms with E-state index < -0.39 is 0 Å². The highest BCUT2D eigenvalue weighted by atomic mass is 14.4. The first-order valence-corrected chi connectivity index (χ1v) is 8.16. The maximum absolute atomic E-state index is 9.57. The van der Waals surface area contributed by atoms with Crippen molar-refractivity contribution >= 4 is 5.57 Å². The predicted octanol–water partition coefficient (Wildman–Crippen LogP) is 5.90.